The Kier molecular flexibility index (Phi) is 8.15. The highest BCUT2D eigenvalue weighted by Gasteiger charge is 2.49. The maximum absolute atomic E-state index is 15.0. The molecule has 0 N–H and O–H groups in total. The average molecular weight is 496 g/mol. The fourth-order valence-electron chi connectivity index (χ4n) is 4.49. The van der Waals surface area contributed by atoms with Crippen LogP contribution in [0.25, 0.3) is 11.1 Å². The summed E-state index contributed by atoms with van der Waals surface area (Å²) in [5.74, 6) is -5.99. The van der Waals surface area contributed by atoms with Gasteiger partial charge in [0.15, 0.2) is 11.6 Å². The summed E-state index contributed by atoms with van der Waals surface area (Å²) in [7, 11) is -1.25. The van der Waals surface area contributed by atoms with Crippen LogP contribution in [0.4, 0.5) is 17.6 Å². The zero-order valence-electron chi connectivity index (χ0n) is 20.4. The summed E-state index contributed by atoms with van der Waals surface area (Å²) in [5, 5.41) is 0. The van der Waals surface area contributed by atoms with E-state index in [9.17, 15) is 4.39 Å². The van der Waals surface area contributed by atoms with Gasteiger partial charge in [0, 0.05) is 16.9 Å². The van der Waals surface area contributed by atoms with Crippen molar-refractivity contribution < 1.29 is 22.3 Å². The van der Waals surface area contributed by atoms with Gasteiger partial charge in [0.05, 0.1) is 17.7 Å². The Balaban J connectivity index is 1.54. The number of rotatable bonds is 11. The first-order chi connectivity index (χ1) is 15.5. The number of hydrogen-bond acceptors (Lipinski definition) is 1. The van der Waals surface area contributed by atoms with Gasteiger partial charge >= 0.3 is 5.92 Å². The van der Waals surface area contributed by atoms with Gasteiger partial charge in [-0.15, -0.1) is 0 Å². The van der Waals surface area contributed by atoms with Crippen LogP contribution in [0, 0.1) is 18.6 Å². The van der Waals surface area contributed by atoms with Crippen LogP contribution in [0.15, 0.2) is 24.3 Å². The first-order valence-electron chi connectivity index (χ1n) is 11.9. The van der Waals surface area contributed by atoms with Crippen LogP contribution in [0.1, 0.15) is 42.4 Å². The van der Waals surface area contributed by atoms with E-state index < -0.39 is 36.8 Å². The molecule has 0 heterocycles. The molecular weight excluding hydrogens is 460 g/mol. The molecule has 7 heteroatoms. The summed E-state index contributed by atoms with van der Waals surface area (Å²) in [6.45, 7) is 11.4. The number of alkyl halides is 2. The van der Waals surface area contributed by atoms with Gasteiger partial charge in [0.25, 0.3) is 0 Å². The van der Waals surface area contributed by atoms with E-state index in [1.165, 1.54) is 55.7 Å². The molecule has 0 aliphatic heterocycles. The van der Waals surface area contributed by atoms with Crippen molar-refractivity contribution in [2.45, 2.75) is 82.8 Å². The minimum absolute atomic E-state index is 0.0324. The molecule has 0 saturated heterocycles. The van der Waals surface area contributed by atoms with Crippen molar-refractivity contribution in [2.75, 3.05) is 6.61 Å². The van der Waals surface area contributed by atoms with E-state index in [2.05, 4.69) is 26.2 Å². The fourth-order valence-corrected chi connectivity index (χ4v) is 10.7. The van der Waals surface area contributed by atoms with Crippen molar-refractivity contribution in [3.63, 3.8) is 0 Å². The maximum Gasteiger partial charge on any atom is 0.305 e. The van der Waals surface area contributed by atoms with E-state index in [-0.39, 0.29) is 37.8 Å². The van der Waals surface area contributed by atoms with Gasteiger partial charge in [0.1, 0.15) is 5.82 Å². The largest absolute Gasteiger partial charge is 0.491 e. The zero-order valence-corrected chi connectivity index (χ0v) is 22.4. The molecule has 1 nitrogen and oxygen atoms in total. The molecule has 0 saturated carbocycles. The Morgan fingerprint density at radius 1 is 0.848 bits per heavy atom. The van der Waals surface area contributed by atoms with Gasteiger partial charge in [0.2, 0.25) is 0 Å². The first-order valence-corrected chi connectivity index (χ1v) is 18.0. The van der Waals surface area contributed by atoms with Crippen molar-refractivity contribution in [2.24, 2.45) is 0 Å². The number of halogens is 4. The molecule has 2 aromatic rings. The van der Waals surface area contributed by atoms with Crippen molar-refractivity contribution in [3.05, 3.63) is 52.6 Å². The Morgan fingerprint density at radius 3 is 2.12 bits per heavy atom. The number of unbranched alkanes of at least 4 members (excludes halogenated alkanes) is 3. The molecule has 1 aliphatic carbocycles. The van der Waals surface area contributed by atoms with Crippen molar-refractivity contribution >= 4 is 16.9 Å². The molecule has 0 fully saturated rings. The predicted molar refractivity (Wildman–Crippen MR) is 133 cm³/mol. The van der Waals surface area contributed by atoms with Crippen molar-refractivity contribution in [1.29, 1.82) is 0 Å². The molecule has 0 aromatic heterocycles. The van der Waals surface area contributed by atoms with Crippen LogP contribution < -0.4 is 4.74 Å². The lowest BCUT2D eigenvalue weighted by molar-refractivity contribution is 0.0397. The number of benzene rings is 2. The number of hydrogen-bond donors (Lipinski definition) is 0. The highest BCUT2D eigenvalue weighted by Crippen LogP contribution is 2.54. The van der Waals surface area contributed by atoms with Crippen LogP contribution in [0.5, 0.6) is 5.75 Å². The predicted octanol–water partition coefficient (Wildman–Crippen LogP) is 8.80. The minimum Gasteiger partial charge on any atom is -0.491 e. The lowest BCUT2D eigenvalue weighted by Gasteiger charge is -2.23. The molecule has 33 heavy (non-hydrogen) atoms. The molecule has 0 atom stereocenters. The second-order valence-corrected chi connectivity index (χ2v) is 18.6. The SMILES string of the molecule is Cc1ccc2c(c1F)C(F)(F)c1c-2ccc(OCCCCCC[Si](C)(C)CC[Si](C)C)c1F. The lowest BCUT2D eigenvalue weighted by Crippen LogP contribution is -2.26. The van der Waals surface area contributed by atoms with Gasteiger partial charge in [-0.2, -0.15) is 8.78 Å². The molecule has 0 bridgehead atoms. The second-order valence-electron chi connectivity index (χ2n) is 10.4. The summed E-state index contributed by atoms with van der Waals surface area (Å²) in [4.78, 5) is 0. The van der Waals surface area contributed by atoms with Gasteiger partial charge in [-0.25, -0.2) is 8.78 Å². The van der Waals surface area contributed by atoms with Crippen LogP contribution in [0.2, 0.25) is 44.3 Å². The Morgan fingerprint density at radius 2 is 1.45 bits per heavy atom. The Bertz CT molecular complexity index is 989. The normalized spacial score (nSPS) is 14.5. The van der Waals surface area contributed by atoms with Crippen LogP contribution in [-0.4, -0.2) is 23.5 Å². The van der Waals surface area contributed by atoms with Gasteiger partial charge in [-0.3, -0.25) is 0 Å². The highest BCUT2D eigenvalue weighted by molar-refractivity contribution is 6.78. The smallest absolute Gasteiger partial charge is 0.305 e. The van der Waals surface area contributed by atoms with Crippen molar-refractivity contribution in [3.8, 4) is 16.9 Å². The molecule has 3 rings (SSSR count). The molecule has 0 unspecified atom stereocenters. The zero-order chi connectivity index (χ0) is 24.4. The van der Waals surface area contributed by atoms with E-state index in [0.29, 0.717) is 0 Å². The first kappa shape index (κ1) is 26.0. The second kappa shape index (κ2) is 10.3. The summed E-state index contributed by atoms with van der Waals surface area (Å²) < 4.78 is 65.0. The molecule has 1 radical (unpaired) electrons. The van der Waals surface area contributed by atoms with Crippen molar-refractivity contribution in [1.82, 2.24) is 0 Å². The number of aryl methyl sites for hydroxylation is 1. The Hall–Kier alpha value is -1.61. The van der Waals surface area contributed by atoms with Gasteiger partial charge in [-0.05, 0) is 42.2 Å². The molecule has 1 aliphatic rings. The summed E-state index contributed by atoms with van der Waals surface area (Å²) >= 11 is 0. The van der Waals surface area contributed by atoms with Crippen LogP contribution in [-0.2, 0) is 5.92 Å². The molecule has 0 amide bonds. The summed E-state index contributed by atoms with van der Waals surface area (Å²) in [5.41, 5.74) is -1.33. The van der Waals surface area contributed by atoms with E-state index in [1.807, 2.05) is 0 Å². The van der Waals surface area contributed by atoms with Gasteiger partial charge in [-0.1, -0.05) is 75.7 Å². The quantitative estimate of drug-likeness (QED) is 0.172. The van der Waals surface area contributed by atoms with Gasteiger partial charge < -0.3 is 4.74 Å². The molecule has 0 spiro atoms. The summed E-state index contributed by atoms with van der Waals surface area (Å²) in [6, 6.07) is 9.80. The number of fused-ring (bicyclic) bond motifs is 3. The van der Waals surface area contributed by atoms with E-state index in [0.717, 1.165) is 19.3 Å². The monoisotopic (exact) mass is 495 g/mol. The maximum atomic E-state index is 15.0. The number of ether oxygens (including phenoxy) is 1. The third-order valence-corrected chi connectivity index (χ3v) is 11.7. The van der Waals surface area contributed by atoms with Crippen LogP contribution in [0.3, 0.4) is 0 Å². The lowest BCUT2D eigenvalue weighted by atomic mass is 10.0. The van der Waals surface area contributed by atoms with Crippen LogP contribution >= 0.6 is 0 Å². The fraction of sp³-hybridized carbons (Fsp3) is 0.538. The Labute approximate surface area is 198 Å². The third-order valence-electron chi connectivity index (χ3n) is 6.67. The summed E-state index contributed by atoms with van der Waals surface area (Å²) in [6.07, 6.45) is 4.03. The van der Waals surface area contributed by atoms with E-state index >= 15 is 13.2 Å². The highest BCUT2D eigenvalue weighted by atomic mass is 28.3. The third kappa shape index (κ3) is 5.73. The average Bonchev–Trinajstić information content (AvgIpc) is 2.97. The molecule has 181 valence electrons. The van der Waals surface area contributed by atoms with E-state index in [1.54, 1.807) is 0 Å². The van der Waals surface area contributed by atoms with E-state index in [4.69, 9.17) is 4.74 Å². The molecule has 2 aromatic carbocycles. The minimum atomic E-state index is -3.72. The molecular formula is C26H35F4OSi2. The standard InChI is InChI=1S/C26H35F4OSi2/c1-18-10-11-19-20-12-13-21(25(28)23(20)26(29,30)22(19)24(18)27)31-14-8-6-7-9-16-33(4,5)17-15-32(2)3/h10-13H,6-9,14-17H2,1-5H3. The topological polar surface area (TPSA) is 9.23 Å².